The lowest BCUT2D eigenvalue weighted by atomic mass is 9.85. The minimum atomic E-state index is 0.108. The Labute approximate surface area is 130 Å². The van der Waals surface area contributed by atoms with Gasteiger partial charge in [0.1, 0.15) is 0 Å². The van der Waals surface area contributed by atoms with Crippen molar-refractivity contribution in [3.63, 3.8) is 0 Å². The van der Waals surface area contributed by atoms with E-state index in [2.05, 4.69) is 56.9 Å². The Kier molecular flexibility index (Phi) is 5.45. The van der Waals surface area contributed by atoms with Crippen LogP contribution in [0.5, 0.6) is 0 Å². The molecule has 0 aliphatic carbocycles. The van der Waals surface area contributed by atoms with Gasteiger partial charge in [-0.25, -0.2) is 0 Å². The summed E-state index contributed by atoms with van der Waals surface area (Å²) in [5, 5.41) is 0. The summed E-state index contributed by atoms with van der Waals surface area (Å²) in [6.07, 6.45) is 4.99. The Bertz CT molecular complexity index is 435. The van der Waals surface area contributed by atoms with E-state index in [0.717, 1.165) is 6.42 Å². The molecule has 0 bridgehead atoms. The van der Waals surface area contributed by atoms with E-state index in [9.17, 15) is 0 Å². The molecule has 21 heavy (non-hydrogen) atoms. The van der Waals surface area contributed by atoms with Crippen molar-refractivity contribution in [1.82, 2.24) is 4.90 Å². The number of hydrogen-bond donors (Lipinski definition) is 1. The first-order valence-corrected chi connectivity index (χ1v) is 8.51. The zero-order valence-electron chi connectivity index (χ0n) is 14.2. The van der Waals surface area contributed by atoms with Gasteiger partial charge in [-0.3, -0.25) is 4.90 Å². The number of benzene rings is 1. The van der Waals surface area contributed by atoms with Crippen LogP contribution in [0.1, 0.15) is 64.1 Å². The van der Waals surface area contributed by atoms with Gasteiger partial charge in [0.25, 0.3) is 0 Å². The fourth-order valence-corrected chi connectivity index (χ4v) is 3.33. The first-order chi connectivity index (χ1) is 9.93. The summed E-state index contributed by atoms with van der Waals surface area (Å²) in [5.41, 5.74) is 9.68. The van der Waals surface area contributed by atoms with Crippen LogP contribution in [0.25, 0.3) is 0 Å². The quantitative estimate of drug-likeness (QED) is 0.902. The van der Waals surface area contributed by atoms with Crippen molar-refractivity contribution in [2.24, 2.45) is 11.1 Å². The molecule has 1 aliphatic heterocycles. The van der Waals surface area contributed by atoms with Gasteiger partial charge >= 0.3 is 0 Å². The minimum absolute atomic E-state index is 0.108. The van der Waals surface area contributed by atoms with E-state index in [1.165, 1.54) is 43.5 Å². The lowest BCUT2D eigenvalue weighted by molar-refractivity contribution is 0.183. The summed E-state index contributed by atoms with van der Waals surface area (Å²) < 4.78 is 0. The number of rotatable bonds is 4. The maximum Gasteiger partial charge on any atom is 0.0450 e. The molecule has 1 heterocycles. The van der Waals surface area contributed by atoms with E-state index in [1.807, 2.05) is 0 Å². The third kappa shape index (κ3) is 4.31. The van der Waals surface area contributed by atoms with Gasteiger partial charge in [-0.05, 0) is 62.2 Å². The third-order valence-electron chi connectivity index (χ3n) is 5.24. The molecule has 0 radical (unpaired) electrons. The van der Waals surface area contributed by atoms with Crippen LogP contribution in [0.4, 0.5) is 0 Å². The molecule has 0 amide bonds. The number of likely N-dealkylation sites (tertiary alicyclic amines) is 1. The van der Waals surface area contributed by atoms with Gasteiger partial charge in [0, 0.05) is 12.1 Å². The van der Waals surface area contributed by atoms with E-state index in [-0.39, 0.29) is 6.04 Å². The monoisotopic (exact) mass is 288 g/mol. The predicted molar refractivity (Wildman–Crippen MR) is 91.4 cm³/mol. The number of nitrogens with zero attached hydrogens (tertiary/aromatic N) is 1. The molecule has 2 N–H and O–H groups in total. The molecular formula is C19H32N2. The van der Waals surface area contributed by atoms with Gasteiger partial charge in [0.2, 0.25) is 0 Å². The highest BCUT2D eigenvalue weighted by Crippen LogP contribution is 2.31. The fourth-order valence-electron chi connectivity index (χ4n) is 3.33. The topological polar surface area (TPSA) is 29.3 Å². The van der Waals surface area contributed by atoms with Crippen LogP contribution in [-0.2, 0) is 6.42 Å². The minimum Gasteiger partial charge on any atom is -0.323 e. The molecule has 2 rings (SSSR count). The smallest absolute Gasteiger partial charge is 0.0450 e. The van der Waals surface area contributed by atoms with E-state index in [0.29, 0.717) is 11.5 Å². The van der Waals surface area contributed by atoms with Crippen LogP contribution in [0.3, 0.4) is 0 Å². The maximum atomic E-state index is 6.54. The Morgan fingerprint density at radius 1 is 1.14 bits per heavy atom. The van der Waals surface area contributed by atoms with Crippen LogP contribution in [-0.4, -0.2) is 24.0 Å². The number of hydrogen-bond acceptors (Lipinski definition) is 2. The Hall–Kier alpha value is -0.860. The normalized spacial score (nSPS) is 22.5. The maximum absolute atomic E-state index is 6.54. The van der Waals surface area contributed by atoms with E-state index < -0.39 is 0 Å². The largest absolute Gasteiger partial charge is 0.323 e. The van der Waals surface area contributed by atoms with Gasteiger partial charge in [-0.1, -0.05) is 45.0 Å². The molecule has 2 nitrogen and oxygen atoms in total. The van der Waals surface area contributed by atoms with E-state index in [4.69, 9.17) is 5.73 Å². The molecule has 1 aromatic carbocycles. The van der Waals surface area contributed by atoms with Crippen LogP contribution >= 0.6 is 0 Å². The Morgan fingerprint density at radius 3 is 2.43 bits per heavy atom. The second-order valence-corrected chi connectivity index (χ2v) is 7.42. The highest BCUT2D eigenvalue weighted by molar-refractivity contribution is 5.25. The summed E-state index contributed by atoms with van der Waals surface area (Å²) in [6, 6.07) is 9.37. The molecule has 0 aromatic heterocycles. The summed E-state index contributed by atoms with van der Waals surface area (Å²) >= 11 is 0. The van der Waals surface area contributed by atoms with Crippen molar-refractivity contribution in [3.05, 3.63) is 35.4 Å². The number of nitrogens with two attached hydrogens (primary N) is 1. The average Bonchev–Trinajstić information content (AvgIpc) is 2.66. The van der Waals surface area contributed by atoms with Crippen LogP contribution in [0.2, 0.25) is 0 Å². The van der Waals surface area contributed by atoms with Crippen molar-refractivity contribution in [2.45, 2.75) is 65.5 Å². The third-order valence-corrected chi connectivity index (χ3v) is 5.24. The van der Waals surface area contributed by atoms with Crippen molar-refractivity contribution in [1.29, 1.82) is 0 Å². The zero-order chi connectivity index (χ0) is 15.5. The Morgan fingerprint density at radius 2 is 1.81 bits per heavy atom. The number of aryl methyl sites for hydroxylation is 1. The second-order valence-electron chi connectivity index (χ2n) is 7.42. The van der Waals surface area contributed by atoms with E-state index >= 15 is 0 Å². The molecule has 1 aromatic rings. The Balaban J connectivity index is 2.02. The fraction of sp³-hybridized carbons (Fsp3) is 0.684. The highest BCUT2D eigenvalue weighted by Gasteiger charge is 2.28. The van der Waals surface area contributed by atoms with Crippen molar-refractivity contribution in [2.75, 3.05) is 13.1 Å². The average molecular weight is 288 g/mol. The summed E-state index contributed by atoms with van der Waals surface area (Å²) in [6.45, 7) is 11.6. The molecule has 1 aliphatic rings. The molecule has 0 spiro atoms. The van der Waals surface area contributed by atoms with Crippen LogP contribution < -0.4 is 5.73 Å². The van der Waals surface area contributed by atoms with Crippen LogP contribution in [0, 0.1) is 5.41 Å². The van der Waals surface area contributed by atoms with Gasteiger partial charge in [0.15, 0.2) is 0 Å². The predicted octanol–water partition coefficient (Wildman–Crippen LogP) is 4.15. The lowest BCUT2D eigenvalue weighted by Crippen LogP contribution is -2.41. The molecule has 2 atom stereocenters. The van der Waals surface area contributed by atoms with Crippen molar-refractivity contribution < 1.29 is 0 Å². The SMILES string of the molecule is CCc1ccc(C(N)C(C)N2CCCC(C)(C)CC2)cc1. The molecule has 118 valence electrons. The van der Waals surface area contributed by atoms with Crippen molar-refractivity contribution >= 4 is 0 Å². The zero-order valence-corrected chi connectivity index (χ0v) is 14.2. The summed E-state index contributed by atoms with van der Waals surface area (Å²) in [4.78, 5) is 2.59. The molecule has 2 heteroatoms. The van der Waals surface area contributed by atoms with E-state index in [1.54, 1.807) is 0 Å². The van der Waals surface area contributed by atoms with Gasteiger partial charge in [-0.2, -0.15) is 0 Å². The molecule has 2 unspecified atom stereocenters. The van der Waals surface area contributed by atoms with Gasteiger partial charge in [0.05, 0.1) is 0 Å². The molecule has 0 saturated carbocycles. The first-order valence-electron chi connectivity index (χ1n) is 8.51. The second kappa shape index (κ2) is 6.93. The van der Waals surface area contributed by atoms with Gasteiger partial charge < -0.3 is 5.73 Å². The summed E-state index contributed by atoms with van der Waals surface area (Å²) in [5.74, 6) is 0. The van der Waals surface area contributed by atoms with Crippen LogP contribution in [0.15, 0.2) is 24.3 Å². The highest BCUT2D eigenvalue weighted by atomic mass is 15.2. The standard InChI is InChI=1S/C19H32N2/c1-5-16-7-9-17(10-8-16)18(20)15(2)21-13-6-11-19(3,4)12-14-21/h7-10,15,18H,5-6,11-14,20H2,1-4H3. The molecule has 1 saturated heterocycles. The molecule has 1 fully saturated rings. The molecular weight excluding hydrogens is 256 g/mol. The van der Waals surface area contributed by atoms with Gasteiger partial charge in [-0.15, -0.1) is 0 Å². The summed E-state index contributed by atoms with van der Waals surface area (Å²) in [7, 11) is 0. The lowest BCUT2D eigenvalue weighted by Gasteiger charge is -2.33. The van der Waals surface area contributed by atoms with Crippen molar-refractivity contribution in [3.8, 4) is 0 Å². The first kappa shape index (κ1) is 16.5.